The molecule has 0 radical (unpaired) electrons. The zero-order chi connectivity index (χ0) is 98.8. The number of carbonyl (C=O) groups excluding carboxylic acids is 12. The van der Waals surface area contributed by atoms with Crippen LogP contribution in [0.4, 0.5) is 0 Å². The highest BCUT2D eigenvalue weighted by Gasteiger charge is 2.64. The summed E-state index contributed by atoms with van der Waals surface area (Å²) in [5, 5.41) is 25.0. The predicted molar refractivity (Wildman–Crippen MR) is 438 cm³/mol. The van der Waals surface area contributed by atoms with E-state index in [1.807, 2.05) is 0 Å². The molecule has 0 aromatic carbocycles. The summed E-state index contributed by atoms with van der Waals surface area (Å²) in [6.07, 6.45) is -65.0. The Labute approximate surface area is 771 Å². The standard InChI is InChI=1S/C74H108N20O40S/c1-33(95)112-57-51-44(27-83-89-76)123-69(63(57)111-16-12-25-135-26-15-82-50(106)13-17-107-19-21-109-23-24-110-22-20-108-18-14-75)129-52-45(28-84-90-77)124-71(64(118-39(7)101)58(52)113-34(2)96)131-54-47(30-86-92-79)126-73(66(120-41(9)103)60(54)115-36(4)98)133-56-49(32-88-94-81)128-74(68(122-43(11)105)62(56)117-38(6)100)134-55-48(31-87-93-80)127-72(67(121-42(10)104)61(55)116-37(5)99)132-53-46(29-85-91-78)125-70(130-51)65(119-40(8)102)59(53)114-35(3)97/h44-49,51-74H,12-32,75H2,1-11H3,(H,82,106)/t44-,45-,46-,47-,48-,49-,51-,52-,53-,54-,55-,56-,57+,58+,59+,60+,61+,62+,63-,64-,65-,66-,67-,68-,69-,70-,71-,72-,73-,74-/m1/s1. The fourth-order valence-corrected chi connectivity index (χ4v) is 15.8. The minimum absolute atomic E-state index is 0.000428. The van der Waals surface area contributed by atoms with Crippen molar-refractivity contribution < 1.29 is 190 Å². The number of nitrogens with two attached hydrogens (primary N) is 1. The molecule has 12 bridgehead atoms. The summed E-state index contributed by atoms with van der Waals surface area (Å²) in [6.45, 7) is 6.15. The molecule has 0 aromatic heterocycles. The highest BCUT2D eigenvalue weighted by Crippen LogP contribution is 2.44. The van der Waals surface area contributed by atoms with Crippen LogP contribution in [0.2, 0.25) is 0 Å². The van der Waals surface area contributed by atoms with Gasteiger partial charge in [0.1, 0.15) is 42.7 Å². The maximum Gasteiger partial charge on any atom is 0.303 e. The normalized spacial score (nSPS) is 31.9. The number of azide groups is 6. The SMILES string of the molecule is CC(=O)O[C@@H]1[C@@H](OCCCSCCNC(=O)CCOCCOCCOCCOCCN)[C@H]2O[C@H]3[C@H](OC(C)=O)[C@@H](OC(C)=O)[C@@H](O[C@H]4[C@H](OC(C)=O)[C@@H](OC(C)=O)[C@@H](O[C@H]5[C@H](OC(C)=O)[C@@H](OC(C)=O)[C@@H](O[C@H]6[C@H](OC(C)=O)[C@@H](OC(C)=O)[C@@H](O[C@H]7[C@H](OC(C)=O)[C@@H](OC(C)=O)[C@@H](O[C@@H]1[C@@H](CN=[N+]=[N-])O2)O[C@@H]7CN=[N+]=[N-])O[C@@H]6CN=[N+]=[N-])O[C@@H]5CN=[N+]=[N-])O[C@@H]4CN=[N+]=[N-])O[C@@H]3CN=[N+]=[N-]. The van der Waals surface area contributed by atoms with Gasteiger partial charge in [-0.15, -0.1) is 0 Å². The van der Waals surface area contributed by atoms with Crippen molar-refractivity contribution in [3.8, 4) is 0 Å². The van der Waals surface area contributed by atoms with Crippen LogP contribution in [0.1, 0.15) is 89.0 Å². The summed E-state index contributed by atoms with van der Waals surface area (Å²) in [6, 6.07) is 0. The fraction of sp³-hybridized carbons (Fsp3) is 0.838. The van der Waals surface area contributed by atoms with Crippen molar-refractivity contribution in [3.63, 3.8) is 0 Å². The van der Waals surface area contributed by atoms with Gasteiger partial charge < -0.3 is 144 Å². The molecule has 22 heterocycles. The quantitative estimate of drug-likeness (QED) is 0.0219. The van der Waals surface area contributed by atoms with Crippen LogP contribution in [0.3, 0.4) is 0 Å². The number of nitrogens with zero attached hydrogens (tertiary/aromatic N) is 18. The second-order valence-corrected chi connectivity index (χ2v) is 31.0. The predicted octanol–water partition coefficient (Wildman–Crippen LogP) is 1.81. The van der Waals surface area contributed by atoms with Crippen molar-refractivity contribution >= 4 is 83.3 Å². The van der Waals surface area contributed by atoms with E-state index in [1.165, 1.54) is 11.8 Å². The molecule has 1 amide bonds. The minimum atomic E-state index is -2.35. The van der Waals surface area contributed by atoms with Crippen LogP contribution in [0.15, 0.2) is 30.7 Å². The van der Waals surface area contributed by atoms with E-state index < -0.39 is 296 Å². The average molecular weight is 1950 g/mol. The van der Waals surface area contributed by atoms with E-state index in [9.17, 15) is 90.7 Å². The number of rotatable bonds is 45. The highest BCUT2D eigenvalue weighted by atomic mass is 32.2. The summed E-state index contributed by atoms with van der Waals surface area (Å²) in [5.41, 5.74) is 65.9. The zero-order valence-electron chi connectivity index (χ0n) is 75.0. The van der Waals surface area contributed by atoms with Gasteiger partial charge in [0.05, 0.1) is 129 Å². The van der Waals surface area contributed by atoms with Gasteiger partial charge in [-0.25, -0.2) is 0 Å². The molecule has 135 heavy (non-hydrogen) atoms. The monoisotopic (exact) mass is 1950 g/mol. The number of hydrogen-bond acceptors (Lipinski definition) is 48. The summed E-state index contributed by atoms with van der Waals surface area (Å²) in [4.78, 5) is 182. The lowest BCUT2D eigenvalue weighted by atomic mass is 9.93. The smallest absolute Gasteiger partial charge is 0.303 e. The second-order valence-electron chi connectivity index (χ2n) is 29.8. The average Bonchev–Trinajstić information content (AvgIpc) is 0.752. The molecule has 0 aliphatic carbocycles. The molecule has 0 saturated carbocycles. The van der Waals surface area contributed by atoms with Crippen molar-refractivity contribution in [2.75, 3.05) is 123 Å². The number of amides is 1. The minimum Gasteiger partial charge on any atom is -0.457 e. The lowest BCUT2D eigenvalue weighted by Gasteiger charge is -2.53. The van der Waals surface area contributed by atoms with Crippen molar-refractivity contribution in [2.24, 2.45) is 36.4 Å². The van der Waals surface area contributed by atoms with Gasteiger partial charge in [0.2, 0.25) is 5.91 Å². The van der Waals surface area contributed by atoms with Crippen molar-refractivity contribution in [1.82, 2.24) is 5.32 Å². The third-order valence-corrected chi connectivity index (χ3v) is 20.8. The van der Waals surface area contributed by atoms with Gasteiger partial charge >= 0.3 is 65.7 Å². The maximum atomic E-state index is 14.1. The van der Waals surface area contributed by atoms with Gasteiger partial charge in [-0.3, -0.25) is 57.5 Å². The lowest BCUT2D eigenvalue weighted by Crippen LogP contribution is -2.70. The Morgan fingerprint density at radius 1 is 0.281 bits per heavy atom. The first kappa shape index (κ1) is 111. The Morgan fingerprint density at radius 2 is 0.489 bits per heavy atom. The fourth-order valence-electron chi connectivity index (χ4n) is 15.0. The molecule has 22 rings (SSSR count). The van der Waals surface area contributed by atoms with Crippen LogP contribution in [0.5, 0.6) is 0 Å². The molecule has 22 saturated heterocycles. The Kier molecular flexibility index (Phi) is 47.6. The zero-order valence-corrected chi connectivity index (χ0v) is 75.9. The molecule has 0 spiro atoms. The lowest BCUT2D eigenvalue weighted by molar-refractivity contribution is -0.399. The number of thioether (sulfide) groups is 1. The first-order chi connectivity index (χ1) is 64.7. The first-order valence-corrected chi connectivity index (χ1v) is 43.1. The molecule has 60 nitrogen and oxygen atoms in total. The topological polar surface area (TPSA) is 794 Å². The number of nitrogens with one attached hydrogen (secondary N) is 1. The van der Waals surface area contributed by atoms with Crippen LogP contribution in [0.25, 0.3) is 62.7 Å². The maximum absolute atomic E-state index is 14.1. The number of carbonyl (C=O) groups is 12. The van der Waals surface area contributed by atoms with Crippen LogP contribution < -0.4 is 11.1 Å². The number of hydrogen-bond donors (Lipinski definition) is 2. The number of esters is 11. The van der Waals surface area contributed by atoms with Crippen LogP contribution in [-0.2, 0) is 190 Å². The molecule has 3 N–H and O–H groups in total. The molecule has 750 valence electrons. The van der Waals surface area contributed by atoms with Crippen molar-refractivity contribution in [2.45, 2.75) is 273 Å². The molecule has 30 atom stereocenters. The van der Waals surface area contributed by atoms with E-state index in [1.54, 1.807) is 0 Å². The molecular weight excluding hydrogens is 1840 g/mol. The van der Waals surface area contributed by atoms with E-state index in [2.05, 4.69) is 65.5 Å². The Bertz CT molecular complexity index is 4250. The van der Waals surface area contributed by atoms with E-state index in [4.69, 9.17) is 138 Å². The summed E-state index contributed by atoms with van der Waals surface area (Å²) in [5.74, 6) is -13.3. The van der Waals surface area contributed by atoms with E-state index in [0.717, 1.165) is 76.2 Å². The third kappa shape index (κ3) is 35.0. The molecule has 22 fully saturated rings. The summed E-state index contributed by atoms with van der Waals surface area (Å²) >= 11 is 1.32. The highest BCUT2D eigenvalue weighted by molar-refractivity contribution is 7.99. The van der Waals surface area contributed by atoms with Gasteiger partial charge in [-0.1, -0.05) is 30.7 Å². The summed E-state index contributed by atoms with van der Waals surface area (Å²) < 4.78 is 174. The Hall–Kier alpha value is -10.9. The Morgan fingerprint density at radius 3 is 0.711 bits per heavy atom. The van der Waals surface area contributed by atoms with Gasteiger partial charge in [-0.2, -0.15) is 11.8 Å². The van der Waals surface area contributed by atoms with Crippen LogP contribution in [-0.4, -0.2) is 379 Å². The molecule has 61 heteroatoms. The molecule has 0 aromatic rings. The molecule has 22 aliphatic heterocycles. The van der Waals surface area contributed by atoms with E-state index in [-0.39, 0.29) is 50.9 Å². The second kappa shape index (κ2) is 57.9. The van der Waals surface area contributed by atoms with E-state index in [0.29, 0.717) is 45.3 Å². The first-order valence-electron chi connectivity index (χ1n) is 42.0. The van der Waals surface area contributed by atoms with Gasteiger partial charge in [-0.05, 0) is 45.4 Å². The summed E-state index contributed by atoms with van der Waals surface area (Å²) in [7, 11) is 0. The van der Waals surface area contributed by atoms with Gasteiger partial charge in [0, 0.05) is 138 Å². The van der Waals surface area contributed by atoms with Crippen molar-refractivity contribution in [1.29, 1.82) is 0 Å². The molecule has 0 unspecified atom stereocenters. The molecular formula is C74H108N20O40S. The van der Waals surface area contributed by atoms with Crippen molar-refractivity contribution in [3.05, 3.63) is 62.7 Å². The van der Waals surface area contributed by atoms with Gasteiger partial charge in [0.15, 0.2) is 105 Å². The van der Waals surface area contributed by atoms with Gasteiger partial charge in [0.25, 0.3) is 0 Å². The Balaban J connectivity index is 1.47. The van der Waals surface area contributed by atoms with Crippen LogP contribution >= 0.6 is 11.8 Å². The van der Waals surface area contributed by atoms with E-state index >= 15 is 0 Å². The largest absolute Gasteiger partial charge is 0.457 e. The molecule has 22 aliphatic rings. The number of ether oxygens (including phenoxy) is 28. The van der Waals surface area contributed by atoms with Crippen LogP contribution in [0, 0.1) is 0 Å². The third-order valence-electron chi connectivity index (χ3n) is 19.7.